The maximum atomic E-state index is 12.4. The Bertz CT molecular complexity index is 395. The van der Waals surface area contributed by atoms with Crippen LogP contribution in [0.25, 0.3) is 0 Å². The second-order valence-corrected chi connectivity index (χ2v) is 4.48. The second kappa shape index (κ2) is 4.06. The van der Waals surface area contributed by atoms with Gasteiger partial charge in [-0.3, -0.25) is 0 Å². The predicted molar refractivity (Wildman–Crippen MR) is 50.0 cm³/mol. The summed E-state index contributed by atoms with van der Waals surface area (Å²) < 4.78 is 39.1. The van der Waals surface area contributed by atoms with Crippen LogP contribution < -0.4 is 0 Å². The van der Waals surface area contributed by atoms with Crippen molar-refractivity contribution in [3.05, 3.63) is 29.8 Å². The van der Waals surface area contributed by atoms with Crippen LogP contribution in [0.3, 0.4) is 0 Å². The van der Waals surface area contributed by atoms with E-state index in [1.807, 2.05) is 6.92 Å². The normalized spacial score (nSPS) is 13.9. The van der Waals surface area contributed by atoms with Gasteiger partial charge in [0.1, 0.15) is 0 Å². The number of benzene rings is 1. The fraction of sp³-hybridized carbons (Fsp3) is 0.333. The first-order valence-electron chi connectivity index (χ1n) is 4.06. The molecule has 0 heterocycles. The summed E-state index contributed by atoms with van der Waals surface area (Å²) in [6.45, 7) is 2.85. The lowest BCUT2D eigenvalue weighted by atomic mass is 10.2. The molecule has 1 aromatic rings. The van der Waals surface area contributed by atoms with Gasteiger partial charge in [-0.1, -0.05) is 17.7 Å². The maximum Gasteiger partial charge on any atom is 0.299 e. The van der Waals surface area contributed by atoms with Crippen LogP contribution in [-0.4, -0.2) is 14.8 Å². The van der Waals surface area contributed by atoms with Gasteiger partial charge in [0.2, 0.25) is 6.36 Å². The molecule has 0 aromatic heterocycles. The minimum Gasteiger partial charge on any atom is -0.230 e. The Morgan fingerprint density at radius 2 is 1.79 bits per heavy atom. The van der Waals surface area contributed by atoms with Crippen LogP contribution >= 0.6 is 0 Å². The molecule has 0 fully saturated rings. The fourth-order valence-corrected chi connectivity index (χ4v) is 1.86. The SMILES string of the molecule is Cc1ccc(S(=O)(=O)OC(C)F)cc1. The van der Waals surface area contributed by atoms with Crippen molar-refractivity contribution in [2.24, 2.45) is 0 Å². The first kappa shape index (κ1) is 11.1. The average molecular weight is 218 g/mol. The Hall–Kier alpha value is -0.940. The summed E-state index contributed by atoms with van der Waals surface area (Å²) in [5.74, 6) is 0. The molecule has 1 rings (SSSR count). The van der Waals surface area contributed by atoms with Crippen LogP contribution in [-0.2, 0) is 14.3 Å². The molecule has 0 saturated heterocycles. The van der Waals surface area contributed by atoms with Crippen molar-refractivity contribution in [2.75, 3.05) is 0 Å². The number of hydrogen-bond donors (Lipinski definition) is 0. The first-order valence-corrected chi connectivity index (χ1v) is 5.47. The topological polar surface area (TPSA) is 43.4 Å². The van der Waals surface area contributed by atoms with E-state index in [0.29, 0.717) is 0 Å². The summed E-state index contributed by atoms with van der Waals surface area (Å²) in [7, 11) is -3.95. The molecule has 0 amide bonds. The highest BCUT2D eigenvalue weighted by atomic mass is 32.2. The Morgan fingerprint density at radius 3 is 2.21 bits per heavy atom. The van der Waals surface area contributed by atoms with E-state index in [0.717, 1.165) is 12.5 Å². The highest BCUT2D eigenvalue weighted by Crippen LogP contribution is 2.15. The third-order valence-electron chi connectivity index (χ3n) is 1.57. The van der Waals surface area contributed by atoms with Crippen LogP contribution in [0.4, 0.5) is 4.39 Å². The molecule has 14 heavy (non-hydrogen) atoms. The number of halogens is 1. The van der Waals surface area contributed by atoms with E-state index in [9.17, 15) is 12.8 Å². The molecule has 0 bridgehead atoms. The number of hydrogen-bond acceptors (Lipinski definition) is 3. The summed E-state index contributed by atoms with van der Waals surface area (Å²) in [6, 6.07) is 6.01. The molecule has 0 aliphatic carbocycles. The third-order valence-corrected chi connectivity index (χ3v) is 2.94. The zero-order valence-electron chi connectivity index (χ0n) is 7.90. The molecular formula is C9H11FO3S. The molecule has 78 valence electrons. The summed E-state index contributed by atoms with van der Waals surface area (Å²) in [5, 5.41) is 0. The lowest BCUT2D eigenvalue weighted by Crippen LogP contribution is -2.11. The molecule has 1 atom stereocenters. The van der Waals surface area contributed by atoms with Gasteiger partial charge >= 0.3 is 0 Å². The molecule has 0 N–H and O–H groups in total. The molecule has 0 aliphatic heterocycles. The van der Waals surface area contributed by atoms with Gasteiger partial charge in [0.05, 0.1) is 4.90 Å². The van der Waals surface area contributed by atoms with Gasteiger partial charge in [-0.05, 0) is 26.0 Å². The summed E-state index contributed by atoms with van der Waals surface area (Å²) >= 11 is 0. The number of rotatable bonds is 3. The molecule has 1 unspecified atom stereocenters. The third kappa shape index (κ3) is 2.78. The Balaban J connectivity index is 2.99. The van der Waals surface area contributed by atoms with Crippen LogP contribution in [0.15, 0.2) is 29.2 Å². The van der Waals surface area contributed by atoms with Crippen molar-refractivity contribution in [3.8, 4) is 0 Å². The molecule has 3 nitrogen and oxygen atoms in total. The van der Waals surface area contributed by atoms with Crippen LogP contribution in [0.1, 0.15) is 12.5 Å². The van der Waals surface area contributed by atoms with Crippen LogP contribution in [0, 0.1) is 6.92 Å². The van der Waals surface area contributed by atoms with Gasteiger partial charge in [0, 0.05) is 0 Å². The van der Waals surface area contributed by atoms with Gasteiger partial charge in [0.15, 0.2) is 0 Å². The smallest absolute Gasteiger partial charge is 0.230 e. The molecule has 5 heteroatoms. The minimum absolute atomic E-state index is 0.0346. The van der Waals surface area contributed by atoms with Crippen molar-refractivity contribution >= 4 is 10.1 Å². The largest absolute Gasteiger partial charge is 0.299 e. The molecule has 1 aromatic carbocycles. The van der Waals surface area contributed by atoms with E-state index in [-0.39, 0.29) is 4.90 Å². The highest BCUT2D eigenvalue weighted by molar-refractivity contribution is 7.86. The van der Waals surface area contributed by atoms with E-state index in [2.05, 4.69) is 4.18 Å². The lowest BCUT2D eigenvalue weighted by molar-refractivity contribution is 0.0934. The van der Waals surface area contributed by atoms with E-state index in [4.69, 9.17) is 0 Å². The van der Waals surface area contributed by atoms with E-state index >= 15 is 0 Å². The Labute approximate surface area is 82.6 Å². The van der Waals surface area contributed by atoms with Crippen molar-refractivity contribution in [3.63, 3.8) is 0 Å². The Kier molecular flexibility index (Phi) is 3.23. The molecule has 0 radical (unpaired) electrons. The van der Waals surface area contributed by atoms with Gasteiger partial charge in [-0.15, -0.1) is 0 Å². The quantitative estimate of drug-likeness (QED) is 0.729. The maximum absolute atomic E-state index is 12.4. The fourth-order valence-electron chi connectivity index (χ4n) is 0.935. The Morgan fingerprint density at radius 1 is 1.29 bits per heavy atom. The van der Waals surface area contributed by atoms with Crippen molar-refractivity contribution < 1.29 is 17.0 Å². The monoisotopic (exact) mass is 218 g/mol. The summed E-state index contributed by atoms with van der Waals surface area (Å²) in [6.07, 6.45) is -1.83. The van der Waals surface area contributed by atoms with Gasteiger partial charge in [0.25, 0.3) is 10.1 Å². The van der Waals surface area contributed by atoms with Gasteiger partial charge in [-0.2, -0.15) is 8.42 Å². The molecule has 0 aliphatic rings. The first-order chi connectivity index (χ1) is 6.42. The van der Waals surface area contributed by atoms with E-state index < -0.39 is 16.5 Å². The van der Waals surface area contributed by atoms with Crippen molar-refractivity contribution in [1.82, 2.24) is 0 Å². The molecular weight excluding hydrogens is 207 g/mol. The van der Waals surface area contributed by atoms with Crippen molar-refractivity contribution in [1.29, 1.82) is 0 Å². The molecule has 0 saturated carbocycles. The molecule has 0 spiro atoms. The van der Waals surface area contributed by atoms with Crippen LogP contribution in [0.2, 0.25) is 0 Å². The second-order valence-electron chi connectivity index (χ2n) is 2.91. The number of aryl methyl sites for hydroxylation is 1. The predicted octanol–water partition coefficient (Wildman–Crippen LogP) is 2.02. The zero-order valence-corrected chi connectivity index (χ0v) is 8.71. The number of alkyl halides is 1. The van der Waals surface area contributed by atoms with Crippen LogP contribution in [0.5, 0.6) is 0 Å². The van der Waals surface area contributed by atoms with Gasteiger partial charge < -0.3 is 0 Å². The van der Waals surface area contributed by atoms with E-state index in [1.54, 1.807) is 12.1 Å². The summed E-state index contributed by atoms with van der Waals surface area (Å²) in [5.41, 5.74) is 0.928. The van der Waals surface area contributed by atoms with Crippen molar-refractivity contribution in [2.45, 2.75) is 25.1 Å². The highest BCUT2D eigenvalue weighted by Gasteiger charge is 2.17. The minimum atomic E-state index is -3.95. The lowest BCUT2D eigenvalue weighted by Gasteiger charge is -2.05. The van der Waals surface area contributed by atoms with E-state index in [1.165, 1.54) is 12.1 Å². The zero-order chi connectivity index (χ0) is 10.8. The standard InChI is InChI=1S/C9H11FO3S/c1-7-3-5-9(6-4-7)14(11,12)13-8(2)10/h3-6,8H,1-2H3. The van der Waals surface area contributed by atoms with Gasteiger partial charge in [-0.25, -0.2) is 8.57 Å². The summed E-state index contributed by atoms with van der Waals surface area (Å²) in [4.78, 5) is -0.0346. The average Bonchev–Trinajstić information content (AvgIpc) is 2.02.